The van der Waals surface area contributed by atoms with Gasteiger partial charge in [-0.2, -0.15) is 0 Å². The number of hydrogen-bond acceptors (Lipinski definition) is 2. The lowest BCUT2D eigenvalue weighted by Gasteiger charge is -2.20. The first-order valence-corrected chi connectivity index (χ1v) is 6.80. The zero-order valence-corrected chi connectivity index (χ0v) is 12.1. The van der Waals surface area contributed by atoms with Crippen LogP contribution in [0.5, 0.6) is 0 Å². The minimum atomic E-state index is -0.163. The van der Waals surface area contributed by atoms with Gasteiger partial charge in [-0.05, 0) is 23.8 Å². The topological polar surface area (TPSA) is 12.0 Å². The molecule has 0 aromatic heterocycles. The predicted octanol–water partition coefficient (Wildman–Crippen LogP) is 4.21. The lowest BCUT2D eigenvalue weighted by Crippen LogP contribution is -2.22. The first-order chi connectivity index (χ1) is 7.78. The highest BCUT2D eigenvalue weighted by molar-refractivity contribution is 8.00. The Morgan fingerprint density at radius 1 is 1.29 bits per heavy atom. The second-order valence-electron chi connectivity index (χ2n) is 5.50. The fraction of sp³-hybridized carbons (Fsp3) is 0.571. The van der Waals surface area contributed by atoms with Crippen molar-refractivity contribution >= 4 is 11.8 Å². The van der Waals surface area contributed by atoms with E-state index in [1.807, 2.05) is 6.07 Å². The van der Waals surface area contributed by atoms with Gasteiger partial charge in [0.1, 0.15) is 5.82 Å². The van der Waals surface area contributed by atoms with Crippen molar-refractivity contribution in [3.8, 4) is 0 Å². The van der Waals surface area contributed by atoms with Crippen LogP contribution in [0, 0.1) is 5.82 Å². The van der Waals surface area contributed by atoms with Crippen molar-refractivity contribution < 1.29 is 4.39 Å². The number of halogens is 1. The Kier molecular flexibility index (Phi) is 5.02. The molecule has 1 aromatic carbocycles. The Balaban J connectivity index is 2.87. The summed E-state index contributed by atoms with van der Waals surface area (Å²) in [6.45, 7) is 11.4. The van der Waals surface area contributed by atoms with Crippen molar-refractivity contribution in [2.24, 2.45) is 0 Å². The fourth-order valence-corrected chi connectivity index (χ4v) is 2.49. The highest BCUT2D eigenvalue weighted by Crippen LogP contribution is 2.34. The molecule has 0 amide bonds. The van der Waals surface area contributed by atoms with Gasteiger partial charge in [-0.1, -0.05) is 34.6 Å². The lowest BCUT2D eigenvalue weighted by molar-refractivity contribution is 0.576. The summed E-state index contributed by atoms with van der Waals surface area (Å²) in [6.07, 6.45) is 0. The average Bonchev–Trinajstić information content (AvgIpc) is 2.16. The minimum Gasteiger partial charge on any atom is -0.310 e. The van der Waals surface area contributed by atoms with Gasteiger partial charge >= 0.3 is 0 Å². The Labute approximate surface area is 108 Å². The second kappa shape index (κ2) is 5.87. The average molecular weight is 255 g/mol. The summed E-state index contributed by atoms with van der Waals surface area (Å²) in [4.78, 5) is 1.16. The fourth-order valence-electron chi connectivity index (χ4n) is 1.43. The van der Waals surface area contributed by atoms with E-state index in [1.54, 1.807) is 17.8 Å². The molecule has 0 atom stereocenters. The summed E-state index contributed by atoms with van der Waals surface area (Å²) in [5.74, 6) is -0.163. The van der Waals surface area contributed by atoms with Crippen LogP contribution in [0.2, 0.25) is 0 Å². The van der Waals surface area contributed by atoms with Crippen LogP contribution >= 0.6 is 11.8 Å². The van der Waals surface area contributed by atoms with E-state index in [0.29, 0.717) is 12.6 Å². The molecule has 96 valence electrons. The number of thioether (sulfide) groups is 1. The standard InChI is InChI=1S/C14H22FNS/c1-10(2)16-9-11-8-12(15)6-7-13(11)17-14(3,4)5/h6-8,10,16H,9H2,1-5H3. The van der Waals surface area contributed by atoms with E-state index in [0.717, 1.165) is 10.5 Å². The summed E-state index contributed by atoms with van der Waals surface area (Å²) in [5, 5.41) is 3.34. The zero-order valence-electron chi connectivity index (χ0n) is 11.3. The third-order valence-electron chi connectivity index (χ3n) is 2.14. The molecule has 0 radical (unpaired) electrons. The maximum absolute atomic E-state index is 13.3. The normalized spacial score (nSPS) is 12.2. The molecule has 0 bridgehead atoms. The predicted molar refractivity (Wildman–Crippen MR) is 74.0 cm³/mol. The Morgan fingerprint density at radius 2 is 1.94 bits per heavy atom. The first kappa shape index (κ1) is 14.5. The molecule has 0 heterocycles. The lowest BCUT2D eigenvalue weighted by atomic mass is 10.2. The van der Waals surface area contributed by atoms with Crippen molar-refractivity contribution in [1.82, 2.24) is 5.32 Å². The van der Waals surface area contributed by atoms with E-state index < -0.39 is 0 Å². The molecule has 0 spiro atoms. The molecule has 1 N–H and O–H groups in total. The molecule has 0 fully saturated rings. The van der Waals surface area contributed by atoms with E-state index in [9.17, 15) is 4.39 Å². The van der Waals surface area contributed by atoms with E-state index >= 15 is 0 Å². The Bertz CT molecular complexity index is 369. The van der Waals surface area contributed by atoms with Gasteiger partial charge in [0.15, 0.2) is 0 Å². The molecular weight excluding hydrogens is 233 g/mol. The Morgan fingerprint density at radius 3 is 2.47 bits per heavy atom. The van der Waals surface area contributed by atoms with Crippen LogP contribution in [-0.4, -0.2) is 10.8 Å². The van der Waals surface area contributed by atoms with Crippen LogP contribution in [0.4, 0.5) is 4.39 Å². The third-order valence-corrected chi connectivity index (χ3v) is 3.37. The second-order valence-corrected chi connectivity index (χ2v) is 7.37. The van der Waals surface area contributed by atoms with E-state index in [1.165, 1.54) is 6.07 Å². The monoisotopic (exact) mass is 255 g/mol. The van der Waals surface area contributed by atoms with E-state index in [4.69, 9.17) is 0 Å². The molecule has 1 rings (SSSR count). The summed E-state index contributed by atoms with van der Waals surface area (Å²) < 4.78 is 13.4. The third kappa shape index (κ3) is 5.55. The summed E-state index contributed by atoms with van der Waals surface area (Å²) in [5.41, 5.74) is 1.04. The van der Waals surface area contributed by atoms with Crippen LogP contribution in [0.15, 0.2) is 23.1 Å². The van der Waals surface area contributed by atoms with Crippen LogP contribution < -0.4 is 5.32 Å². The van der Waals surface area contributed by atoms with Crippen LogP contribution in [0.1, 0.15) is 40.2 Å². The molecule has 0 aliphatic rings. The molecule has 3 heteroatoms. The summed E-state index contributed by atoms with van der Waals surface area (Å²) >= 11 is 1.78. The van der Waals surface area contributed by atoms with E-state index in [2.05, 4.69) is 39.9 Å². The molecule has 0 aliphatic heterocycles. The minimum absolute atomic E-state index is 0.143. The quantitative estimate of drug-likeness (QED) is 0.809. The number of rotatable bonds is 4. The van der Waals surface area contributed by atoms with Gasteiger partial charge in [-0.3, -0.25) is 0 Å². The molecular formula is C14H22FNS. The van der Waals surface area contributed by atoms with Gasteiger partial charge in [0.05, 0.1) is 0 Å². The van der Waals surface area contributed by atoms with Gasteiger partial charge in [-0.25, -0.2) is 4.39 Å². The number of nitrogens with one attached hydrogen (secondary N) is 1. The molecule has 0 saturated carbocycles. The molecule has 1 aromatic rings. The maximum Gasteiger partial charge on any atom is 0.123 e. The van der Waals surface area contributed by atoms with Crippen LogP contribution in [0.25, 0.3) is 0 Å². The van der Waals surface area contributed by atoms with Crippen molar-refractivity contribution in [1.29, 1.82) is 0 Å². The molecule has 0 saturated heterocycles. The van der Waals surface area contributed by atoms with Gasteiger partial charge in [0.25, 0.3) is 0 Å². The van der Waals surface area contributed by atoms with Gasteiger partial charge in [-0.15, -0.1) is 11.8 Å². The molecule has 0 unspecified atom stereocenters. The van der Waals surface area contributed by atoms with Crippen molar-refractivity contribution in [2.45, 2.75) is 56.8 Å². The smallest absolute Gasteiger partial charge is 0.123 e. The summed E-state index contributed by atoms with van der Waals surface area (Å²) in [6, 6.07) is 5.45. The summed E-state index contributed by atoms with van der Waals surface area (Å²) in [7, 11) is 0. The number of benzene rings is 1. The van der Waals surface area contributed by atoms with Gasteiger partial charge in [0, 0.05) is 22.2 Å². The van der Waals surface area contributed by atoms with Crippen LogP contribution in [-0.2, 0) is 6.54 Å². The molecule has 17 heavy (non-hydrogen) atoms. The van der Waals surface area contributed by atoms with Crippen molar-refractivity contribution in [3.05, 3.63) is 29.6 Å². The van der Waals surface area contributed by atoms with Gasteiger partial charge in [0.2, 0.25) is 0 Å². The largest absolute Gasteiger partial charge is 0.310 e. The highest BCUT2D eigenvalue weighted by atomic mass is 32.2. The van der Waals surface area contributed by atoms with Crippen LogP contribution in [0.3, 0.4) is 0 Å². The van der Waals surface area contributed by atoms with Gasteiger partial charge < -0.3 is 5.32 Å². The van der Waals surface area contributed by atoms with Crippen molar-refractivity contribution in [3.63, 3.8) is 0 Å². The SMILES string of the molecule is CC(C)NCc1cc(F)ccc1SC(C)(C)C. The van der Waals surface area contributed by atoms with E-state index in [-0.39, 0.29) is 10.6 Å². The highest BCUT2D eigenvalue weighted by Gasteiger charge is 2.15. The Hall–Kier alpha value is -0.540. The molecule has 1 nitrogen and oxygen atoms in total. The number of hydrogen-bond donors (Lipinski definition) is 1. The maximum atomic E-state index is 13.3. The first-order valence-electron chi connectivity index (χ1n) is 5.99. The van der Waals surface area contributed by atoms with Crippen molar-refractivity contribution in [2.75, 3.05) is 0 Å². The zero-order chi connectivity index (χ0) is 13.1. The molecule has 0 aliphatic carbocycles.